The fourth-order valence-electron chi connectivity index (χ4n) is 1.96. The smallest absolute Gasteiger partial charge is 0.138 e. The highest BCUT2D eigenvalue weighted by molar-refractivity contribution is 6.34. The number of aromatic nitrogens is 1. The Bertz CT molecular complexity index is 662. The summed E-state index contributed by atoms with van der Waals surface area (Å²) in [5, 5.41) is 11.4. The predicted molar refractivity (Wildman–Crippen MR) is 71.1 cm³/mol. The first-order valence-corrected chi connectivity index (χ1v) is 6.26. The minimum Gasteiger partial charge on any atom is -0.492 e. The Hall–Kier alpha value is -1.83. The molecule has 5 heteroatoms. The number of hydrogen-bond donors (Lipinski definition) is 0. The van der Waals surface area contributed by atoms with E-state index >= 15 is 0 Å². The topological polar surface area (TPSA) is 55.1 Å². The zero-order valence-electron chi connectivity index (χ0n) is 10.1. The lowest BCUT2D eigenvalue weighted by Gasteiger charge is -2.34. The number of nitriles is 1. The zero-order valence-corrected chi connectivity index (χ0v) is 10.9. The van der Waals surface area contributed by atoms with Crippen molar-refractivity contribution >= 4 is 22.4 Å². The molecule has 1 aromatic carbocycles. The molecular weight excluding hydrogens is 264 g/mol. The number of fused-ring (bicyclic) bond motifs is 1. The van der Waals surface area contributed by atoms with Gasteiger partial charge in [-0.15, -0.1) is 0 Å². The summed E-state index contributed by atoms with van der Waals surface area (Å²) in [5.74, 6) is 0.719. The average molecular weight is 275 g/mol. The molecule has 0 radical (unpaired) electrons. The van der Waals surface area contributed by atoms with Crippen molar-refractivity contribution < 1.29 is 9.47 Å². The fourth-order valence-corrected chi connectivity index (χ4v) is 2.19. The zero-order chi connectivity index (χ0) is 13.3. The normalized spacial score (nSPS) is 16.6. The minimum absolute atomic E-state index is 0.341. The molecule has 1 saturated heterocycles. The van der Waals surface area contributed by atoms with Crippen LogP contribution in [0.5, 0.6) is 5.75 Å². The van der Waals surface area contributed by atoms with Crippen LogP contribution in [0.25, 0.3) is 10.8 Å². The van der Waals surface area contributed by atoms with E-state index in [0.29, 0.717) is 25.0 Å². The maximum Gasteiger partial charge on any atom is 0.138 e. The number of halogens is 1. The monoisotopic (exact) mass is 274 g/mol. The highest BCUT2D eigenvalue weighted by Crippen LogP contribution is 2.29. The molecule has 3 rings (SSSR count). The second-order valence-electron chi connectivity index (χ2n) is 4.66. The first-order chi connectivity index (χ1) is 9.22. The highest BCUT2D eigenvalue weighted by Gasteiger charge is 2.40. The van der Waals surface area contributed by atoms with Gasteiger partial charge in [-0.3, -0.25) is 0 Å². The number of ether oxygens (including phenoxy) is 2. The van der Waals surface area contributed by atoms with Gasteiger partial charge >= 0.3 is 0 Å². The second kappa shape index (κ2) is 4.69. The van der Waals surface area contributed by atoms with Gasteiger partial charge in [0.1, 0.15) is 22.9 Å². The summed E-state index contributed by atoms with van der Waals surface area (Å²) < 4.78 is 10.8. The molecule has 0 spiro atoms. The van der Waals surface area contributed by atoms with Crippen LogP contribution in [0.1, 0.15) is 0 Å². The molecule has 0 N–H and O–H groups in total. The Kier molecular flexibility index (Phi) is 3.02. The van der Waals surface area contributed by atoms with E-state index in [1.54, 1.807) is 6.20 Å². The van der Waals surface area contributed by atoms with E-state index in [1.165, 1.54) is 0 Å². The summed E-state index contributed by atoms with van der Waals surface area (Å²) in [5.41, 5.74) is -0.495. The van der Waals surface area contributed by atoms with Gasteiger partial charge in [0.15, 0.2) is 0 Å². The van der Waals surface area contributed by atoms with Crippen LogP contribution in [0, 0.1) is 16.7 Å². The van der Waals surface area contributed by atoms with Crippen molar-refractivity contribution in [1.82, 2.24) is 4.98 Å². The number of pyridine rings is 1. The molecule has 1 aliphatic heterocycles. The Balaban J connectivity index is 1.81. The van der Waals surface area contributed by atoms with Crippen molar-refractivity contribution in [3.05, 3.63) is 35.6 Å². The molecule has 4 nitrogen and oxygen atoms in total. The summed E-state index contributed by atoms with van der Waals surface area (Å²) in [6.07, 6.45) is 1.66. The van der Waals surface area contributed by atoms with Gasteiger partial charge in [0.2, 0.25) is 0 Å². The minimum atomic E-state index is -0.495. The Morgan fingerprint density at radius 2 is 2.26 bits per heavy atom. The molecule has 2 heterocycles. The molecule has 0 bridgehead atoms. The van der Waals surface area contributed by atoms with E-state index in [-0.39, 0.29) is 0 Å². The molecule has 0 unspecified atom stereocenters. The Morgan fingerprint density at radius 1 is 1.42 bits per heavy atom. The van der Waals surface area contributed by atoms with Gasteiger partial charge in [-0.2, -0.15) is 5.26 Å². The third kappa shape index (κ3) is 2.23. The van der Waals surface area contributed by atoms with Crippen molar-refractivity contribution in [1.29, 1.82) is 5.26 Å². The fraction of sp³-hybridized carbons (Fsp3) is 0.286. The van der Waals surface area contributed by atoms with Crippen LogP contribution in [-0.2, 0) is 4.74 Å². The lowest BCUT2D eigenvalue weighted by atomic mass is 9.89. The van der Waals surface area contributed by atoms with Gasteiger partial charge in [0, 0.05) is 11.6 Å². The largest absolute Gasteiger partial charge is 0.492 e. The molecule has 0 amide bonds. The Morgan fingerprint density at radius 3 is 2.95 bits per heavy atom. The molecule has 2 aromatic rings. The molecule has 0 aliphatic carbocycles. The van der Waals surface area contributed by atoms with E-state index in [1.807, 2.05) is 24.3 Å². The van der Waals surface area contributed by atoms with E-state index in [4.69, 9.17) is 26.3 Å². The molecule has 96 valence electrons. The van der Waals surface area contributed by atoms with Crippen molar-refractivity contribution in [2.24, 2.45) is 5.41 Å². The third-order valence-corrected chi connectivity index (χ3v) is 3.50. The quantitative estimate of drug-likeness (QED) is 0.808. The van der Waals surface area contributed by atoms with Crippen LogP contribution < -0.4 is 4.74 Å². The van der Waals surface area contributed by atoms with Crippen LogP contribution in [0.3, 0.4) is 0 Å². The van der Waals surface area contributed by atoms with Crippen LogP contribution in [0.15, 0.2) is 30.5 Å². The number of rotatable bonds is 3. The maximum absolute atomic E-state index is 9.09. The summed E-state index contributed by atoms with van der Waals surface area (Å²) in [6, 6.07) is 9.73. The maximum atomic E-state index is 9.09. The van der Waals surface area contributed by atoms with Crippen LogP contribution in [-0.4, -0.2) is 24.8 Å². The first kappa shape index (κ1) is 12.2. The summed E-state index contributed by atoms with van der Waals surface area (Å²) in [6.45, 7) is 1.22. The summed E-state index contributed by atoms with van der Waals surface area (Å²) >= 11 is 6.00. The van der Waals surface area contributed by atoms with Gasteiger partial charge in [-0.25, -0.2) is 4.98 Å². The number of benzene rings is 1. The first-order valence-electron chi connectivity index (χ1n) is 5.89. The van der Waals surface area contributed by atoms with E-state index in [0.717, 1.165) is 16.5 Å². The van der Waals surface area contributed by atoms with E-state index in [9.17, 15) is 0 Å². The van der Waals surface area contributed by atoms with Gasteiger partial charge in [-0.1, -0.05) is 11.6 Å². The predicted octanol–water partition coefficient (Wildman–Crippen LogP) is 2.81. The number of hydrogen-bond acceptors (Lipinski definition) is 4. The van der Waals surface area contributed by atoms with Crippen molar-refractivity contribution in [3.8, 4) is 11.8 Å². The SMILES string of the molecule is N#CC1(COc2ccc3c(Cl)nccc3c2)COC1. The standard InChI is InChI=1S/C14H11ClN2O2/c15-13-12-2-1-11(5-10(12)3-4-17-13)19-9-14(6-16)7-18-8-14/h1-5H,7-9H2. The van der Waals surface area contributed by atoms with Gasteiger partial charge in [0.05, 0.1) is 19.3 Å². The molecule has 1 fully saturated rings. The van der Waals surface area contributed by atoms with Crippen molar-refractivity contribution in [2.45, 2.75) is 0 Å². The van der Waals surface area contributed by atoms with Crippen LogP contribution >= 0.6 is 11.6 Å². The van der Waals surface area contributed by atoms with Crippen molar-refractivity contribution in [3.63, 3.8) is 0 Å². The number of nitrogens with zero attached hydrogens (tertiary/aromatic N) is 2. The highest BCUT2D eigenvalue weighted by atomic mass is 35.5. The summed E-state index contributed by atoms with van der Waals surface area (Å²) in [7, 11) is 0. The molecule has 19 heavy (non-hydrogen) atoms. The molecule has 1 aromatic heterocycles. The lowest BCUT2D eigenvalue weighted by Crippen LogP contribution is -2.45. The van der Waals surface area contributed by atoms with Crippen LogP contribution in [0.2, 0.25) is 5.15 Å². The third-order valence-electron chi connectivity index (χ3n) is 3.20. The van der Waals surface area contributed by atoms with Gasteiger partial charge < -0.3 is 9.47 Å². The molecule has 0 saturated carbocycles. The van der Waals surface area contributed by atoms with Crippen molar-refractivity contribution in [2.75, 3.05) is 19.8 Å². The molecular formula is C14H11ClN2O2. The molecule has 0 atom stereocenters. The Labute approximate surface area is 115 Å². The summed E-state index contributed by atoms with van der Waals surface area (Å²) in [4.78, 5) is 4.02. The second-order valence-corrected chi connectivity index (χ2v) is 5.02. The average Bonchev–Trinajstić information content (AvgIpc) is 2.38. The van der Waals surface area contributed by atoms with Crippen LogP contribution in [0.4, 0.5) is 0 Å². The lowest BCUT2D eigenvalue weighted by molar-refractivity contribution is -0.0962. The van der Waals surface area contributed by atoms with Gasteiger partial charge in [-0.05, 0) is 29.7 Å². The van der Waals surface area contributed by atoms with Gasteiger partial charge in [0.25, 0.3) is 0 Å². The van der Waals surface area contributed by atoms with E-state index < -0.39 is 5.41 Å². The van der Waals surface area contributed by atoms with E-state index in [2.05, 4.69) is 11.1 Å². The molecule has 1 aliphatic rings.